The topological polar surface area (TPSA) is 79.4 Å². The number of nitrogens with zero attached hydrogens (tertiary/aromatic N) is 2. The molecule has 1 aromatic heterocycles. The Morgan fingerprint density at radius 2 is 2.19 bits per heavy atom. The number of carbonyl (C=O) groups is 1. The van der Waals surface area contributed by atoms with Crippen LogP contribution in [0.1, 0.15) is 5.69 Å². The number of rotatable bonds is 6. The van der Waals surface area contributed by atoms with Gasteiger partial charge in [-0.2, -0.15) is 11.8 Å². The highest BCUT2D eigenvalue weighted by Gasteiger charge is 2.23. The average Bonchev–Trinajstić information content (AvgIpc) is 2.99. The number of nitrogens with one attached hydrogen (secondary N) is 1. The number of hydrogen-bond acceptors (Lipinski definition) is 6. The summed E-state index contributed by atoms with van der Waals surface area (Å²) in [6.45, 7) is 1.24. The maximum absolute atomic E-state index is 12.1. The lowest BCUT2D eigenvalue weighted by molar-refractivity contribution is -0.116. The van der Waals surface area contributed by atoms with Crippen LogP contribution in [0.5, 0.6) is 0 Å². The van der Waals surface area contributed by atoms with E-state index in [0.717, 1.165) is 11.5 Å². The Labute approximate surface area is 132 Å². The van der Waals surface area contributed by atoms with Crippen molar-refractivity contribution in [3.63, 3.8) is 0 Å². The molecule has 2 rings (SSSR count). The van der Waals surface area contributed by atoms with E-state index in [9.17, 15) is 13.2 Å². The molecule has 0 bridgehead atoms. The zero-order chi connectivity index (χ0) is 15.1. The van der Waals surface area contributed by atoms with Gasteiger partial charge in [-0.1, -0.05) is 0 Å². The second kappa shape index (κ2) is 7.92. The zero-order valence-corrected chi connectivity index (χ0v) is 13.8. The van der Waals surface area contributed by atoms with Gasteiger partial charge in [-0.05, 0) is 6.08 Å². The number of sulfonamides is 1. The van der Waals surface area contributed by atoms with Crippen molar-refractivity contribution >= 4 is 45.1 Å². The van der Waals surface area contributed by atoms with E-state index < -0.39 is 10.0 Å². The van der Waals surface area contributed by atoms with Crippen molar-refractivity contribution < 1.29 is 13.2 Å². The SMILES string of the molecule is O=C(C=Cc1cscn1)NCCS(=O)(=O)N1CCSCC1. The third kappa shape index (κ3) is 5.42. The first-order valence-corrected chi connectivity index (χ1v) is 10.2. The van der Waals surface area contributed by atoms with Crippen molar-refractivity contribution in [2.75, 3.05) is 36.9 Å². The summed E-state index contributed by atoms with van der Waals surface area (Å²) in [5, 5.41) is 4.40. The Kier molecular flexibility index (Phi) is 6.22. The Hall–Kier alpha value is -0.900. The van der Waals surface area contributed by atoms with Gasteiger partial charge in [-0.3, -0.25) is 4.79 Å². The molecule has 1 aliphatic rings. The van der Waals surface area contributed by atoms with Gasteiger partial charge >= 0.3 is 0 Å². The lowest BCUT2D eigenvalue weighted by Gasteiger charge is -2.25. The molecule has 1 N–H and O–H groups in total. The van der Waals surface area contributed by atoms with Crippen LogP contribution in [0.3, 0.4) is 0 Å². The molecular weight excluding hydrogens is 330 g/mol. The molecule has 0 saturated carbocycles. The van der Waals surface area contributed by atoms with Crippen LogP contribution in [0, 0.1) is 0 Å². The Balaban J connectivity index is 1.74. The number of carbonyl (C=O) groups excluding carboxylic acids is 1. The van der Waals surface area contributed by atoms with Gasteiger partial charge in [0.2, 0.25) is 15.9 Å². The van der Waals surface area contributed by atoms with E-state index in [4.69, 9.17) is 0 Å². The minimum absolute atomic E-state index is 0.0616. The predicted octanol–water partition coefficient (Wildman–Crippen LogP) is 0.651. The fraction of sp³-hybridized carbons (Fsp3) is 0.500. The highest BCUT2D eigenvalue weighted by Crippen LogP contribution is 2.12. The highest BCUT2D eigenvalue weighted by molar-refractivity contribution is 7.99. The fourth-order valence-corrected chi connectivity index (χ4v) is 4.79. The summed E-state index contributed by atoms with van der Waals surface area (Å²) in [5.41, 5.74) is 2.40. The van der Waals surface area contributed by atoms with E-state index in [0.29, 0.717) is 18.8 Å². The number of amides is 1. The Morgan fingerprint density at radius 3 is 2.86 bits per heavy atom. The van der Waals surface area contributed by atoms with Gasteiger partial charge in [0, 0.05) is 42.6 Å². The summed E-state index contributed by atoms with van der Waals surface area (Å²) in [4.78, 5) is 15.6. The molecule has 1 fully saturated rings. The Morgan fingerprint density at radius 1 is 1.43 bits per heavy atom. The van der Waals surface area contributed by atoms with Gasteiger partial charge in [0.15, 0.2) is 0 Å². The molecule has 0 radical (unpaired) electrons. The molecule has 116 valence electrons. The average molecular weight is 347 g/mol. The van der Waals surface area contributed by atoms with E-state index in [1.165, 1.54) is 21.7 Å². The van der Waals surface area contributed by atoms with Crippen LogP contribution in [0.15, 0.2) is 17.0 Å². The van der Waals surface area contributed by atoms with E-state index in [-0.39, 0.29) is 18.2 Å². The van der Waals surface area contributed by atoms with Gasteiger partial charge in [0.1, 0.15) is 0 Å². The molecule has 1 saturated heterocycles. The first kappa shape index (κ1) is 16.5. The summed E-state index contributed by atoms with van der Waals surface area (Å²) >= 11 is 3.21. The van der Waals surface area contributed by atoms with Crippen LogP contribution in [0.2, 0.25) is 0 Å². The quantitative estimate of drug-likeness (QED) is 0.765. The molecule has 0 aliphatic carbocycles. The molecule has 0 atom stereocenters. The van der Waals surface area contributed by atoms with Crippen LogP contribution in [-0.2, 0) is 14.8 Å². The molecule has 1 aromatic rings. The molecule has 21 heavy (non-hydrogen) atoms. The van der Waals surface area contributed by atoms with E-state index in [2.05, 4.69) is 10.3 Å². The first-order valence-electron chi connectivity index (χ1n) is 6.47. The lowest BCUT2D eigenvalue weighted by atomic mass is 10.4. The monoisotopic (exact) mass is 347 g/mol. The van der Waals surface area contributed by atoms with E-state index in [1.54, 1.807) is 23.3 Å². The second-order valence-corrected chi connectivity index (χ2v) is 8.40. The van der Waals surface area contributed by atoms with Gasteiger partial charge in [0.05, 0.1) is 17.0 Å². The maximum atomic E-state index is 12.1. The summed E-state index contributed by atoms with van der Waals surface area (Å²) in [6, 6.07) is 0. The first-order chi connectivity index (χ1) is 10.1. The van der Waals surface area contributed by atoms with Crippen LogP contribution in [-0.4, -0.2) is 60.5 Å². The predicted molar refractivity (Wildman–Crippen MR) is 86.8 cm³/mol. The van der Waals surface area contributed by atoms with Crippen molar-refractivity contribution in [1.29, 1.82) is 0 Å². The van der Waals surface area contributed by atoms with E-state index in [1.807, 2.05) is 5.38 Å². The summed E-state index contributed by atoms with van der Waals surface area (Å²) in [6.07, 6.45) is 2.96. The molecule has 1 amide bonds. The third-order valence-electron chi connectivity index (χ3n) is 2.88. The van der Waals surface area contributed by atoms with Crippen LogP contribution in [0.4, 0.5) is 0 Å². The minimum Gasteiger partial charge on any atom is -0.351 e. The number of aromatic nitrogens is 1. The maximum Gasteiger partial charge on any atom is 0.244 e. The van der Waals surface area contributed by atoms with Crippen molar-refractivity contribution in [2.45, 2.75) is 0 Å². The summed E-state index contributed by atoms with van der Waals surface area (Å²) < 4.78 is 25.6. The van der Waals surface area contributed by atoms with Gasteiger partial charge in [-0.25, -0.2) is 17.7 Å². The molecule has 0 aromatic carbocycles. The number of thiazole rings is 1. The van der Waals surface area contributed by atoms with Crippen molar-refractivity contribution in [1.82, 2.24) is 14.6 Å². The normalized spacial score (nSPS) is 17.1. The van der Waals surface area contributed by atoms with Crippen molar-refractivity contribution in [2.24, 2.45) is 0 Å². The number of thioether (sulfide) groups is 1. The summed E-state index contributed by atoms with van der Waals surface area (Å²) in [5.74, 6) is 1.30. The molecule has 1 aliphatic heterocycles. The standard InChI is InChI=1S/C12H17N3O3S3/c16-12(2-1-11-9-20-10-14-11)13-3-8-21(17,18)15-4-6-19-7-5-15/h1-2,9-10H,3-8H2,(H,13,16). The van der Waals surface area contributed by atoms with Crippen LogP contribution < -0.4 is 5.32 Å². The third-order valence-corrected chi connectivity index (χ3v) is 6.30. The lowest BCUT2D eigenvalue weighted by Crippen LogP contribution is -2.41. The van der Waals surface area contributed by atoms with Gasteiger partial charge in [0.25, 0.3) is 0 Å². The van der Waals surface area contributed by atoms with Crippen molar-refractivity contribution in [3.05, 3.63) is 22.7 Å². The zero-order valence-electron chi connectivity index (χ0n) is 11.4. The van der Waals surface area contributed by atoms with Crippen LogP contribution in [0.25, 0.3) is 6.08 Å². The number of hydrogen-bond donors (Lipinski definition) is 1. The summed E-state index contributed by atoms with van der Waals surface area (Å²) in [7, 11) is -3.27. The van der Waals surface area contributed by atoms with Crippen LogP contribution >= 0.6 is 23.1 Å². The smallest absolute Gasteiger partial charge is 0.244 e. The molecule has 0 unspecified atom stereocenters. The second-order valence-electron chi connectivity index (χ2n) is 4.37. The Bertz CT molecular complexity index is 578. The van der Waals surface area contributed by atoms with E-state index >= 15 is 0 Å². The largest absolute Gasteiger partial charge is 0.351 e. The minimum atomic E-state index is -3.27. The fourth-order valence-electron chi connectivity index (χ4n) is 1.78. The molecular formula is C12H17N3O3S3. The van der Waals surface area contributed by atoms with Gasteiger partial charge < -0.3 is 5.32 Å². The molecule has 0 spiro atoms. The molecule has 6 nitrogen and oxygen atoms in total. The molecule has 9 heteroatoms. The molecule has 2 heterocycles. The van der Waals surface area contributed by atoms with Crippen molar-refractivity contribution in [3.8, 4) is 0 Å². The van der Waals surface area contributed by atoms with Gasteiger partial charge in [-0.15, -0.1) is 11.3 Å². The highest BCUT2D eigenvalue weighted by atomic mass is 32.2.